The molecule has 0 saturated heterocycles. The quantitative estimate of drug-likeness (QED) is 0.746. The molecular formula is C18H16FN3O3. The smallest absolute Gasteiger partial charge is 0.308 e. The number of benzene rings is 2. The van der Waals surface area contributed by atoms with Crippen LogP contribution in [0.3, 0.4) is 0 Å². The maximum Gasteiger partial charge on any atom is 0.308 e. The standard InChI is InChI=1S/C18H16FN3O3/c1-24-15-8-4-13(5-9-15)17-21-22-18(25-17)16(23)20-11-10-12-2-6-14(19)7-3-12/h2-9H,10-11H2,1H3,(H,20,23). The van der Waals surface area contributed by atoms with Gasteiger partial charge in [-0.2, -0.15) is 0 Å². The van der Waals surface area contributed by atoms with Crippen LogP contribution in [0.25, 0.3) is 11.5 Å². The van der Waals surface area contributed by atoms with Crippen molar-refractivity contribution < 1.29 is 18.3 Å². The van der Waals surface area contributed by atoms with E-state index in [-0.39, 0.29) is 17.6 Å². The summed E-state index contributed by atoms with van der Waals surface area (Å²) in [6.07, 6.45) is 0.575. The molecule has 0 aliphatic rings. The molecule has 2 aromatic carbocycles. The van der Waals surface area contributed by atoms with E-state index < -0.39 is 5.91 Å². The maximum atomic E-state index is 12.8. The number of hydrogen-bond donors (Lipinski definition) is 1. The molecule has 0 aliphatic carbocycles. The molecule has 1 amide bonds. The van der Waals surface area contributed by atoms with Gasteiger partial charge in [-0.15, -0.1) is 10.2 Å². The lowest BCUT2D eigenvalue weighted by molar-refractivity contribution is 0.0920. The fourth-order valence-electron chi connectivity index (χ4n) is 2.21. The molecule has 7 heteroatoms. The van der Waals surface area contributed by atoms with Crippen LogP contribution < -0.4 is 10.1 Å². The molecule has 1 heterocycles. The number of hydrogen-bond acceptors (Lipinski definition) is 5. The molecule has 0 aliphatic heterocycles. The van der Waals surface area contributed by atoms with E-state index in [0.29, 0.717) is 24.3 Å². The summed E-state index contributed by atoms with van der Waals surface area (Å²) >= 11 is 0. The second-order valence-corrected chi connectivity index (χ2v) is 5.27. The molecule has 3 aromatic rings. The molecule has 0 bridgehead atoms. The van der Waals surface area contributed by atoms with Gasteiger partial charge in [-0.05, 0) is 48.4 Å². The highest BCUT2D eigenvalue weighted by Gasteiger charge is 2.15. The Bertz CT molecular complexity index is 845. The number of carbonyl (C=O) groups excluding carboxylic acids is 1. The normalized spacial score (nSPS) is 10.5. The van der Waals surface area contributed by atoms with Gasteiger partial charge < -0.3 is 14.5 Å². The zero-order chi connectivity index (χ0) is 17.6. The molecule has 0 spiro atoms. The van der Waals surface area contributed by atoms with E-state index in [1.54, 1.807) is 43.5 Å². The summed E-state index contributed by atoms with van der Waals surface area (Å²) < 4.78 is 23.3. The van der Waals surface area contributed by atoms with Gasteiger partial charge in [0.05, 0.1) is 7.11 Å². The Kier molecular flexibility index (Phi) is 5.03. The summed E-state index contributed by atoms with van der Waals surface area (Å²) in [4.78, 5) is 12.0. The van der Waals surface area contributed by atoms with Crippen molar-refractivity contribution >= 4 is 5.91 Å². The second-order valence-electron chi connectivity index (χ2n) is 5.27. The van der Waals surface area contributed by atoms with Crippen molar-refractivity contribution in [1.82, 2.24) is 15.5 Å². The van der Waals surface area contributed by atoms with Crippen LogP contribution in [0, 0.1) is 5.82 Å². The minimum absolute atomic E-state index is 0.107. The molecule has 0 fully saturated rings. The molecule has 0 radical (unpaired) electrons. The molecular weight excluding hydrogens is 325 g/mol. The van der Waals surface area contributed by atoms with E-state index in [2.05, 4.69) is 15.5 Å². The van der Waals surface area contributed by atoms with E-state index in [0.717, 1.165) is 5.56 Å². The molecule has 128 valence electrons. The Morgan fingerprint density at radius 3 is 2.52 bits per heavy atom. The lowest BCUT2D eigenvalue weighted by Crippen LogP contribution is -2.26. The van der Waals surface area contributed by atoms with Gasteiger partial charge >= 0.3 is 11.8 Å². The van der Waals surface area contributed by atoms with Crippen LogP contribution >= 0.6 is 0 Å². The Balaban J connectivity index is 1.57. The molecule has 0 atom stereocenters. The van der Waals surface area contributed by atoms with Crippen LogP contribution in [-0.4, -0.2) is 29.8 Å². The number of aromatic nitrogens is 2. The van der Waals surface area contributed by atoms with Crippen molar-refractivity contribution in [3.8, 4) is 17.2 Å². The first kappa shape index (κ1) is 16.6. The summed E-state index contributed by atoms with van der Waals surface area (Å²) in [5.41, 5.74) is 1.62. The zero-order valence-electron chi connectivity index (χ0n) is 13.5. The third kappa shape index (κ3) is 4.20. The number of nitrogens with zero attached hydrogens (tertiary/aromatic N) is 2. The van der Waals surface area contributed by atoms with Crippen molar-refractivity contribution in [3.05, 3.63) is 65.8 Å². The molecule has 25 heavy (non-hydrogen) atoms. The molecule has 6 nitrogen and oxygen atoms in total. The Morgan fingerprint density at radius 1 is 1.12 bits per heavy atom. The molecule has 1 aromatic heterocycles. The van der Waals surface area contributed by atoms with Gasteiger partial charge in [-0.1, -0.05) is 12.1 Å². The third-order valence-electron chi connectivity index (χ3n) is 3.57. The van der Waals surface area contributed by atoms with Crippen LogP contribution in [-0.2, 0) is 6.42 Å². The van der Waals surface area contributed by atoms with Gasteiger partial charge in [-0.25, -0.2) is 4.39 Å². The van der Waals surface area contributed by atoms with Crippen molar-refractivity contribution in [3.63, 3.8) is 0 Å². The van der Waals surface area contributed by atoms with E-state index in [1.807, 2.05) is 0 Å². The first-order valence-electron chi connectivity index (χ1n) is 7.66. The highest BCUT2D eigenvalue weighted by Crippen LogP contribution is 2.21. The number of amides is 1. The zero-order valence-corrected chi connectivity index (χ0v) is 13.5. The van der Waals surface area contributed by atoms with Crippen molar-refractivity contribution in [2.45, 2.75) is 6.42 Å². The van der Waals surface area contributed by atoms with E-state index in [9.17, 15) is 9.18 Å². The molecule has 0 saturated carbocycles. The van der Waals surface area contributed by atoms with Crippen LogP contribution in [0.4, 0.5) is 4.39 Å². The SMILES string of the molecule is COc1ccc(-c2nnc(C(=O)NCCc3ccc(F)cc3)o2)cc1. The predicted molar refractivity (Wildman–Crippen MR) is 88.7 cm³/mol. The summed E-state index contributed by atoms with van der Waals surface area (Å²) in [7, 11) is 1.58. The number of carbonyl (C=O) groups is 1. The average molecular weight is 341 g/mol. The second kappa shape index (κ2) is 7.57. The molecule has 3 rings (SSSR count). The van der Waals surface area contributed by atoms with Crippen molar-refractivity contribution in [2.24, 2.45) is 0 Å². The van der Waals surface area contributed by atoms with Gasteiger partial charge in [0, 0.05) is 12.1 Å². The predicted octanol–water partition coefficient (Wildman–Crippen LogP) is 2.86. The topological polar surface area (TPSA) is 77.2 Å². The van der Waals surface area contributed by atoms with E-state index in [4.69, 9.17) is 9.15 Å². The Hall–Kier alpha value is -3.22. The van der Waals surface area contributed by atoms with Crippen molar-refractivity contribution in [2.75, 3.05) is 13.7 Å². The number of rotatable bonds is 6. The lowest BCUT2D eigenvalue weighted by atomic mass is 10.1. The maximum absolute atomic E-state index is 12.8. The van der Waals surface area contributed by atoms with Gasteiger partial charge in [0.15, 0.2) is 0 Å². The van der Waals surface area contributed by atoms with Crippen molar-refractivity contribution in [1.29, 1.82) is 0 Å². The van der Waals surface area contributed by atoms with Gasteiger partial charge in [0.1, 0.15) is 11.6 Å². The Labute approximate surface area is 143 Å². The fourth-order valence-corrected chi connectivity index (χ4v) is 2.21. The van der Waals surface area contributed by atoms with Gasteiger partial charge in [0.2, 0.25) is 5.89 Å². The third-order valence-corrected chi connectivity index (χ3v) is 3.57. The van der Waals surface area contributed by atoms with Crippen LogP contribution in [0.5, 0.6) is 5.75 Å². The first-order valence-corrected chi connectivity index (χ1v) is 7.66. The monoisotopic (exact) mass is 341 g/mol. The largest absolute Gasteiger partial charge is 0.497 e. The minimum atomic E-state index is -0.450. The highest BCUT2D eigenvalue weighted by atomic mass is 19.1. The fraction of sp³-hybridized carbons (Fsp3) is 0.167. The molecule has 0 unspecified atom stereocenters. The average Bonchev–Trinajstić information content (AvgIpc) is 3.13. The number of ether oxygens (including phenoxy) is 1. The summed E-state index contributed by atoms with van der Waals surface area (Å²) in [5, 5.41) is 10.3. The number of methoxy groups -OCH3 is 1. The summed E-state index contributed by atoms with van der Waals surface area (Å²) in [6.45, 7) is 0.380. The Morgan fingerprint density at radius 2 is 1.84 bits per heavy atom. The minimum Gasteiger partial charge on any atom is -0.497 e. The van der Waals surface area contributed by atoms with Gasteiger partial charge in [-0.3, -0.25) is 4.79 Å². The molecule has 1 N–H and O–H groups in total. The number of halogens is 1. The van der Waals surface area contributed by atoms with Crippen LogP contribution in [0.1, 0.15) is 16.2 Å². The number of nitrogens with one attached hydrogen (secondary N) is 1. The highest BCUT2D eigenvalue weighted by molar-refractivity contribution is 5.89. The van der Waals surface area contributed by atoms with E-state index in [1.165, 1.54) is 12.1 Å². The van der Waals surface area contributed by atoms with Gasteiger partial charge in [0.25, 0.3) is 0 Å². The summed E-state index contributed by atoms with van der Waals surface area (Å²) in [5.74, 6) is 0.123. The lowest BCUT2D eigenvalue weighted by Gasteiger charge is -2.02. The van der Waals surface area contributed by atoms with Crippen LogP contribution in [0.15, 0.2) is 52.9 Å². The van der Waals surface area contributed by atoms with Crippen LogP contribution in [0.2, 0.25) is 0 Å². The summed E-state index contributed by atoms with van der Waals surface area (Å²) in [6, 6.07) is 13.2. The van der Waals surface area contributed by atoms with E-state index >= 15 is 0 Å². The first-order chi connectivity index (χ1) is 12.2.